The number of nitrogens with zero attached hydrogens (tertiary/aromatic N) is 1. The predicted octanol–water partition coefficient (Wildman–Crippen LogP) is 3.92. The van der Waals surface area contributed by atoms with E-state index < -0.39 is 0 Å². The average molecular weight is 465 g/mol. The fraction of sp³-hybridized carbons (Fsp3) is 0.722. The summed E-state index contributed by atoms with van der Waals surface area (Å²) < 4.78 is 5.66. The van der Waals surface area contributed by atoms with Gasteiger partial charge in [-0.2, -0.15) is 0 Å². The molecule has 2 rings (SSSR count). The summed E-state index contributed by atoms with van der Waals surface area (Å²) in [6.45, 7) is 8.82. The van der Waals surface area contributed by atoms with Gasteiger partial charge >= 0.3 is 0 Å². The number of rotatable bonds is 11. The topological polar surface area (TPSA) is 45.7 Å². The van der Waals surface area contributed by atoms with Crippen LogP contribution in [0, 0.1) is 11.8 Å². The van der Waals surface area contributed by atoms with Crippen LogP contribution in [0.5, 0.6) is 0 Å². The Morgan fingerprint density at radius 1 is 1.42 bits per heavy atom. The van der Waals surface area contributed by atoms with Crippen LogP contribution in [-0.2, 0) is 11.2 Å². The molecule has 138 valence electrons. The van der Waals surface area contributed by atoms with Crippen LogP contribution in [0.15, 0.2) is 22.5 Å². The third kappa shape index (κ3) is 9.84. The largest absolute Gasteiger partial charge is 0.381 e. The second-order valence-corrected chi connectivity index (χ2v) is 7.44. The molecule has 1 atom stereocenters. The minimum Gasteiger partial charge on any atom is -0.381 e. The highest BCUT2D eigenvalue weighted by atomic mass is 127. The second kappa shape index (κ2) is 12.9. The summed E-state index contributed by atoms with van der Waals surface area (Å²) in [7, 11) is 0. The molecule has 24 heavy (non-hydrogen) atoms. The molecule has 1 aromatic heterocycles. The molecule has 1 aliphatic rings. The van der Waals surface area contributed by atoms with Crippen LogP contribution in [0.1, 0.15) is 38.0 Å². The van der Waals surface area contributed by atoms with E-state index in [1.165, 1.54) is 17.7 Å². The lowest BCUT2D eigenvalue weighted by Crippen LogP contribution is -2.38. The van der Waals surface area contributed by atoms with Crippen molar-refractivity contribution in [1.29, 1.82) is 0 Å². The molecule has 0 saturated heterocycles. The quantitative estimate of drug-likeness (QED) is 0.226. The van der Waals surface area contributed by atoms with E-state index in [0.29, 0.717) is 5.92 Å². The summed E-state index contributed by atoms with van der Waals surface area (Å²) in [5.74, 6) is 2.34. The summed E-state index contributed by atoms with van der Waals surface area (Å²) in [5, 5.41) is 8.86. The molecular formula is C18H32IN3OS. The third-order valence-corrected chi connectivity index (χ3v) is 4.74. The van der Waals surface area contributed by atoms with E-state index in [4.69, 9.17) is 9.73 Å². The summed E-state index contributed by atoms with van der Waals surface area (Å²) in [6, 6.07) is 4.32. The van der Waals surface area contributed by atoms with E-state index in [1.807, 2.05) is 11.3 Å². The maximum Gasteiger partial charge on any atom is 0.191 e. The molecule has 0 aromatic carbocycles. The van der Waals surface area contributed by atoms with Crippen molar-refractivity contribution in [2.45, 2.75) is 39.5 Å². The van der Waals surface area contributed by atoms with E-state index in [9.17, 15) is 0 Å². The molecule has 1 aliphatic carbocycles. The van der Waals surface area contributed by atoms with Crippen LogP contribution in [0.25, 0.3) is 0 Å². The number of guanidine groups is 1. The lowest BCUT2D eigenvalue weighted by Gasteiger charge is -2.13. The molecule has 1 fully saturated rings. The number of halogens is 1. The average Bonchev–Trinajstić information content (AvgIpc) is 3.23. The number of ether oxygens (including phenoxy) is 1. The first kappa shape index (κ1) is 21.7. The zero-order valence-electron chi connectivity index (χ0n) is 14.9. The van der Waals surface area contributed by atoms with Gasteiger partial charge in [0.05, 0.1) is 0 Å². The predicted molar refractivity (Wildman–Crippen MR) is 115 cm³/mol. The Kier molecular flexibility index (Phi) is 11.7. The maximum atomic E-state index is 5.66. The monoisotopic (exact) mass is 465 g/mol. The van der Waals surface area contributed by atoms with Crippen molar-refractivity contribution in [2.75, 3.05) is 32.8 Å². The van der Waals surface area contributed by atoms with E-state index in [2.05, 4.69) is 42.0 Å². The van der Waals surface area contributed by atoms with Gasteiger partial charge in [0.2, 0.25) is 0 Å². The Labute approximate surface area is 167 Å². The molecule has 1 unspecified atom stereocenters. The highest BCUT2D eigenvalue weighted by Gasteiger charge is 2.20. The SMILES string of the molecule is CCNC(=NCC(C)Cc1cccs1)NCCCOCC1CC1.I. The van der Waals surface area contributed by atoms with Gasteiger partial charge in [0, 0.05) is 37.7 Å². The molecule has 0 amide bonds. The standard InChI is InChI=1S/C18H31N3OS.HI/c1-3-19-18(20-9-5-10-22-14-16-7-8-16)21-13-15(2)12-17-6-4-11-23-17;/h4,6,11,15-16H,3,5,7-10,12-14H2,1-2H3,(H2,19,20,21);1H. The molecule has 0 aliphatic heterocycles. The maximum absolute atomic E-state index is 5.66. The van der Waals surface area contributed by atoms with Crippen molar-refractivity contribution in [3.63, 3.8) is 0 Å². The zero-order chi connectivity index (χ0) is 16.3. The third-order valence-electron chi connectivity index (χ3n) is 3.84. The summed E-state index contributed by atoms with van der Waals surface area (Å²) in [6.07, 6.45) is 4.86. The second-order valence-electron chi connectivity index (χ2n) is 6.41. The molecule has 0 radical (unpaired) electrons. The van der Waals surface area contributed by atoms with E-state index in [0.717, 1.165) is 57.6 Å². The first-order chi connectivity index (χ1) is 11.3. The highest BCUT2D eigenvalue weighted by molar-refractivity contribution is 14.0. The van der Waals surface area contributed by atoms with Crippen LogP contribution >= 0.6 is 35.3 Å². The van der Waals surface area contributed by atoms with Crippen LogP contribution in [0.2, 0.25) is 0 Å². The number of thiophene rings is 1. The van der Waals surface area contributed by atoms with Gasteiger partial charge in [-0.1, -0.05) is 13.0 Å². The molecule has 6 heteroatoms. The molecular weight excluding hydrogens is 433 g/mol. The summed E-state index contributed by atoms with van der Waals surface area (Å²) in [4.78, 5) is 6.15. The highest BCUT2D eigenvalue weighted by Crippen LogP contribution is 2.28. The van der Waals surface area contributed by atoms with Crippen molar-refractivity contribution in [1.82, 2.24) is 10.6 Å². The zero-order valence-corrected chi connectivity index (χ0v) is 18.1. The van der Waals surface area contributed by atoms with Crippen LogP contribution in [-0.4, -0.2) is 38.8 Å². The fourth-order valence-electron chi connectivity index (χ4n) is 2.34. The Bertz CT molecular complexity index is 449. The van der Waals surface area contributed by atoms with Gasteiger partial charge in [0.1, 0.15) is 0 Å². The smallest absolute Gasteiger partial charge is 0.191 e. The van der Waals surface area contributed by atoms with Crippen molar-refractivity contribution >= 4 is 41.3 Å². The van der Waals surface area contributed by atoms with E-state index in [-0.39, 0.29) is 24.0 Å². The lowest BCUT2D eigenvalue weighted by molar-refractivity contribution is 0.123. The lowest BCUT2D eigenvalue weighted by atomic mass is 10.1. The van der Waals surface area contributed by atoms with E-state index in [1.54, 1.807) is 0 Å². The van der Waals surface area contributed by atoms with Crippen LogP contribution in [0.4, 0.5) is 0 Å². The molecule has 1 aromatic rings. The van der Waals surface area contributed by atoms with Crippen molar-refractivity contribution in [2.24, 2.45) is 16.8 Å². The van der Waals surface area contributed by atoms with Crippen molar-refractivity contribution < 1.29 is 4.74 Å². The van der Waals surface area contributed by atoms with Gasteiger partial charge in [0.25, 0.3) is 0 Å². The first-order valence-corrected chi connectivity index (χ1v) is 9.78. The number of hydrogen-bond acceptors (Lipinski definition) is 3. The molecule has 1 heterocycles. The number of nitrogens with one attached hydrogen (secondary N) is 2. The van der Waals surface area contributed by atoms with Gasteiger partial charge in [-0.3, -0.25) is 4.99 Å². The van der Waals surface area contributed by atoms with Gasteiger partial charge in [-0.25, -0.2) is 0 Å². The molecule has 2 N–H and O–H groups in total. The molecule has 0 bridgehead atoms. The summed E-state index contributed by atoms with van der Waals surface area (Å²) in [5.41, 5.74) is 0. The van der Waals surface area contributed by atoms with E-state index >= 15 is 0 Å². The molecule has 0 spiro atoms. The van der Waals surface area contributed by atoms with Crippen LogP contribution in [0.3, 0.4) is 0 Å². The fourth-order valence-corrected chi connectivity index (χ4v) is 3.21. The number of aliphatic imine (C=N–C) groups is 1. The van der Waals surface area contributed by atoms with Crippen molar-refractivity contribution in [3.8, 4) is 0 Å². The Hall–Kier alpha value is -0.340. The Balaban J connectivity index is 0.00000288. The van der Waals surface area contributed by atoms with Gasteiger partial charge < -0.3 is 15.4 Å². The molecule has 1 saturated carbocycles. The Morgan fingerprint density at radius 2 is 2.25 bits per heavy atom. The van der Waals surface area contributed by atoms with Gasteiger partial charge in [-0.15, -0.1) is 35.3 Å². The number of hydrogen-bond donors (Lipinski definition) is 2. The normalized spacial score (nSPS) is 15.7. The van der Waals surface area contributed by atoms with Crippen LogP contribution < -0.4 is 10.6 Å². The van der Waals surface area contributed by atoms with Gasteiger partial charge in [0.15, 0.2) is 5.96 Å². The Morgan fingerprint density at radius 3 is 2.92 bits per heavy atom. The van der Waals surface area contributed by atoms with Crippen molar-refractivity contribution in [3.05, 3.63) is 22.4 Å². The minimum absolute atomic E-state index is 0. The summed E-state index contributed by atoms with van der Waals surface area (Å²) >= 11 is 1.83. The molecule has 4 nitrogen and oxygen atoms in total. The first-order valence-electron chi connectivity index (χ1n) is 8.90. The van der Waals surface area contributed by atoms with Gasteiger partial charge in [-0.05, 0) is 55.9 Å². The minimum atomic E-state index is 0.